The Kier molecular flexibility index (Phi) is 3.56. The Morgan fingerprint density at radius 3 is 2.95 bits per heavy atom. The van der Waals surface area contributed by atoms with Crippen molar-refractivity contribution in [2.24, 2.45) is 0 Å². The van der Waals surface area contributed by atoms with Gasteiger partial charge in [-0.15, -0.1) is 0 Å². The van der Waals surface area contributed by atoms with Crippen molar-refractivity contribution in [3.05, 3.63) is 35.4 Å². The van der Waals surface area contributed by atoms with Crippen molar-refractivity contribution in [3.63, 3.8) is 0 Å². The van der Waals surface area contributed by atoms with Crippen molar-refractivity contribution in [3.8, 4) is 0 Å². The lowest BCUT2D eigenvalue weighted by molar-refractivity contribution is 0.0300. The highest BCUT2D eigenvalue weighted by Crippen LogP contribution is 2.19. The Balaban J connectivity index is 1.53. The van der Waals surface area contributed by atoms with Crippen LogP contribution in [-0.4, -0.2) is 42.7 Å². The second-order valence-electron chi connectivity index (χ2n) is 4.98. The van der Waals surface area contributed by atoms with Gasteiger partial charge in [0.25, 0.3) is 0 Å². The van der Waals surface area contributed by atoms with E-state index in [2.05, 4.69) is 22.8 Å². The van der Waals surface area contributed by atoms with Crippen molar-refractivity contribution in [2.75, 3.05) is 19.6 Å². The predicted molar refractivity (Wildman–Crippen MR) is 72.2 cm³/mol. The first kappa shape index (κ1) is 12.9. The number of nitrogens with zero attached hydrogens (tertiary/aromatic N) is 1. The van der Waals surface area contributed by atoms with Gasteiger partial charge in [-0.05, 0) is 11.1 Å². The molecular weight excluding hydrogens is 258 g/mol. The molecule has 1 aromatic rings. The molecule has 0 aromatic heterocycles. The van der Waals surface area contributed by atoms with Crippen LogP contribution >= 0.6 is 0 Å². The standard InChI is InChI=1S/C14H17N3O3/c18-13-15-5-6-17(13)14(19)16-8-12-7-10-3-1-2-4-11(10)9-20-12/h1-4,12H,5-9H2,(H,15,18)(H,16,19)/t12-/m1/s1. The summed E-state index contributed by atoms with van der Waals surface area (Å²) in [7, 11) is 0. The number of hydrogen-bond acceptors (Lipinski definition) is 3. The van der Waals surface area contributed by atoms with E-state index in [9.17, 15) is 9.59 Å². The molecule has 2 aliphatic rings. The van der Waals surface area contributed by atoms with Gasteiger partial charge in [0.05, 0.1) is 12.7 Å². The van der Waals surface area contributed by atoms with E-state index in [4.69, 9.17) is 4.74 Å². The molecule has 2 aliphatic heterocycles. The highest BCUT2D eigenvalue weighted by molar-refractivity contribution is 5.94. The molecule has 20 heavy (non-hydrogen) atoms. The van der Waals surface area contributed by atoms with Gasteiger partial charge in [0, 0.05) is 26.1 Å². The molecule has 1 saturated heterocycles. The summed E-state index contributed by atoms with van der Waals surface area (Å²) in [6.07, 6.45) is 0.738. The van der Waals surface area contributed by atoms with Gasteiger partial charge in [-0.25, -0.2) is 14.5 Å². The fraction of sp³-hybridized carbons (Fsp3) is 0.429. The third-order valence-electron chi connectivity index (χ3n) is 3.62. The average Bonchev–Trinajstić information content (AvgIpc) is 2.91. The molecule has 1 fully saturated rings. The van der Waals surface area contributed by atoms with E-state index in [1.54, 1.807) is 0 Å². The normalized spacial score (nSPS) is 21.3. The molecule has 0 saturated carbocycles. The molecule has 1 atom stereocenters. The second kappa shape index (κ2) is 5.50. The molecule has 0 unspecified atom stereocenters. The van der Waals surface area contributed by atoms with Crippen LogP contribution in [0.5, 0.6) is 0 Å². The van der Waals surface area contributed by atoms with E-state index in [0.717, 1.165) is 6.42 Å². The molecule has 4 amide bonds. The van der Waals surface area contributed by atoms with E-state index in [1.165, 1.54) is 16.0 Å². The number of rotatable bonds is 2. The van der Waals surface area contributed by atoms with E-state index in [-0.39, 0.29) is 18.2 Å². The Labute approximate surface area is 117 Å². The third kappa shape index (κ3) is 2.60. The minimum Gasteiger partial charge on any atom is -0.371 e. The van der Waals surface area contributed by atoms with Crippen molar-refractivity contribution in [1.29, 1.82) is 0 Å². The van der Waals surface area contributed by atoms with E-state index >= 15 is 0 Å². The smallest absolute Gasteiger partial charge is 0.325 e. The quantitative estimate of drug-likeness (QED) is 0.841. The van der Waals surface area contributed by atoms with Crippen LogP contribution in [0.3, 0.4) is 0 Å². The summed E-state index contributed by atoms with van der Waals surface area (Å²) < 4.78 is 5.71. The maximum absolute atomic E-state index is 11.8. The minimum absolute atomic E-state index is 0.0421. The number of nitrogens with one attached hydrogen (secondary N) is 2. The van der Waals surface area contributed by atoms with E-state index in [0.29, 0.717) is 26.2 Å². The molecule has 6 heteroatoms. The number of hydrogen-bond donors (Lipinski definition) is 2. The lowest BCUT2D eigenvalue weighted by Crippen LogP contribution is -2.45. The summed E-state index contributed by atoms with van der Waals surface area (Å²) in [5, 5.41) is 5.35. The van der Waals surface area contributed by atoms with Crippen LogP contribution in [0.1, 0.15) is 11.1 Å². The molecule has 0 spiro atoms. The van der Waals surface area contributed by atoms with Gasteiger partial charge < -0.3 is 15.4 Å². The molecule has 2 heterocycles. The van der Waals surface area contributed by atoms with Crippen LogP contribution in [0, 0.1) is 0 Å². The number of urea groups is 2. The molecule has 0 aliphatic carbocycles. The predicted octanol–water partition coefficient (Wildman–Crippen LogP) is 0.863. The number of carbonyl (C=O) groups is 2. The lowest BCUT2D eigenvalue weighted by atomic mass is 9.99. The van der Waals surface area contributed by atoms with E-state index in [1.807, 2.05) is 12.1 Å². The van der Waals surface area contributed by atoms with Gasteiger partial charge in [0.1, 0.15) is 0 Å². The van der Waals surface area contributed by atoms with Crippen molar-refractivity contribution in [1.82, 2.24) is 15.5 Å². The summed E-state index contributed by atoms with van der Waals surface area (Å²) in [5.41, 5.74) is 2.46. The Morgan fingerprint density at radius 2 is 2.20 bits per heavy atom. The van der Waals surface area contributed by atoms with Gasteiger partial charge in [0.15, 0.2) is 0 Å². The monoisotopic (exact) mass is 275 g/mol. The Morgan fingerprint density at radius 1 is 1.40 bits per heavy atom. The van der Waals surface area contributed by atoms with Crippen LogP contribution in [0.25, 0.3) is 0 Å². The van der Waals surface area contributed by atoms with Gasteiger partial charge in [-0.3, -0.25) is 0 Å². The minimum atomic E-state index is -0.359. The van der Waals surface area contributed by atoms with Gasteiger partial charge in [0.2, 0.25) is 0 Å². The summed E-state index contributed by atoms with van der Waals surface area (Å²) in [4.78, 5) is 24.4. The molecule has 6 nitrogen and oxygen atoms in total. The van der Waals surface area contributed by atoms with Crippen LogP contribution in [-0.2, 0) is 17.8 Å². The van der Waals surface area contributed by atoms with Gasteiger partial charge in [-0.2, -0.15) is 0 Å². The maximum Gasteiger partial charge on any atom is 0.325 e. The average molecular weight is 275 g/mol. The number of amides is 4. The summed E-state index contributed by atoms with van der Waals surface area (Å²) >= 11 is 0. The Hall–Kier alpha value is -2.08. The number of benzene rings is 1. The van der Waals surface area contributed by atoms with Gasteiger partial charge >= 0.3 is 12.1 Å². The first-order valence-corrected chi connectivity index (χ1v) is 6.75. The fourth-order valence-electron chi connectivity index (χ4n) is 2.50. The number of carbonyl (C=O) groups excluding carboxylic acids is 2. The number of fused-ring (bicyclic) bond motifs is 1. The van der Waals surface area contributed by atoms with Crippen LogP contribution in [0.15, 0.2) is 24.3 Å². The SMILES string of the molecule is O=C1NCCN1C(=O)NC[C@H]1Cc2ccccc2CO1. The number of ether oxygens (including phenoxy) is 1. The van der Waals surface area contributed by atoms with Crippen LogP contribution < -0.4 is 10.6 Å². The van der Waals surface area contributed by atoms with Crippen LogP contribution in [0.4, 0.5) is 9.59 Å². The van der Waals surface area contributed by atoms with Gasteiger partial charge in [-0.1, -0.05) is 24.3 Å². The fourth-order valence-corrected chi connectivity index (χ4v) is 2.50. The van der Waals surface area contributed by atoms with Crippen molar-refractivity contribution < 1.29 is 14.3 Å². The molecule has 0 radical (unpaired) electrons. The Bertz CT molecular complexity index is 532. The first-order chi connectivity index (χ1) is 9.74. The van der Waals surface area contributed by atoms with Crippen LogP contribution in [0.2, 0.25) is 0 Å². The maximum atomic E-state index is 11.8. The zero-order chi connectivity index (χ0) is 13.9. The summed E-state index contributed by atoms with van der Waals surface area (Å²) in [6, 6.07) is 7.45. The highest BCUT2D eigenvalue weighted by atomic mass is 16.5. The molecule has 3 rings (SSSR count). The zero-order valence-electron chi connectivity index (χ0n) is 11.1. The van der Waals surface area contributed by atoms with E-state index < -0.39 is 0 Å². The molecule has 0 bridgehead atoms. The highest BCUT2D eigenvalue weighted by Gasteiger charge is 2.27. The third-order valence-corrected chi connectivity index (χ3v) is 3.62. The molecule has 2 N–H and O–H groups in total. The summed E-state index contributed by atoms with van der Waals surface area (Å²) in [5.74, 6) is 0. The zero-order valence-corrected chi connectivity index (χ0v) is 11.1. The molecular formula is C14H17N3O3. The topological polar surface area (TPSA) is 70.7 Å². The van der Waals surface area contributed by atoms with Crippen molar-refractivity contribution in [2.45, 2.75) is 19.1 Å². The number of imide groups is 1. The molecule has 106 valence electrons. The largest absolute Gasteiger partial charge is 0.371 e. The first-order valence-electron chi connectivity index (χ1n) is 6.75. The second-order valence-corrected chi connectivity index (χ2v) is 4.98. The lowest BCUT2D eigenvalue weighted by Gasteiger charge is -2.26. The van der Waals surface area contributed by atoms with Crippen molar-refractivity contribution >= 4 is 12.1 Å². The molecule has 1 aromatic carbocycles. The summed E-state index contributed by atoms with van der Waals surface area (Å²) in [6.45, 7) is 1.91.